The Morgan fingerprint density at radius 3 is 2.88 bits per heavy atom. The van der Waals surface area contributed by atoms with Crippen LogP contribution in [0.25, 0.3) is 16.8 Å². The fourth-order valence-electron chi connectivity index (χ4n) is 4.18. The van der Waals surface area contributed by atoms with E-state index < -0.39 is 12.3 Å². The largest absolute Gasteiger partial charge is 0.365 e. The van der Waals surface area contributed by atoms with E-state index in [1.807, 2.05) is 23.4 Å². The zero-order valence-electron chi connectivity index (χ0n) is 14.1. The van der Waals surface area contributed by atoms with E-state index in [0.29, 0.717) is 13.1 Å². The summed E-state index contributed by atoms with van der Waals surface area (Å²) in [5, 5.41) is 10.5. The van der Waals surface area contributed by atoms with Crippen LogP contribution in [0.5, 0.6) is 0 Å². The standard InChI is InChI=1S/C17H20F2N6O/c18-17(19)9-24(10-17)16(26)23-5-1-2-11(8-23)13-6-21-14-7-22-15-12(25(13)14)3-4-20-15/h3-4,6-7,11,16,20,26H,1-2,5,8-10H2/t11-,16?/m0/s1. The zero-order chi connectivity index (χ0) is 17.9. The summed E-state index contributed by atoms with van der Waals surface area (Å²) in [5.41, 5.74) is 3.62. The summed E-state index contributed by atoms with van der Waals surface area (Å²) in [4.78, 5) is 15.2. The Morgan fingerprint density at radius 2 is 2.08 bits per heavy atom. The topological polar surface area (TPSA) is 72.7 Å². The van der Waals surface area contributed by atoms with Gasteiger partial charge >= 0.3 is 0 Å². The molecule has 0 radical (unpaired) electrons. The SMILES string of the molecule is OC(N1CCC[C@H](c2cnc3cnc4[nH]ccc4n23)C1)N1CC(F)(F)C1. The first-order valence-electron chi connectivity index (χ1n) is 8.85. The molecule has 2 saturated heterocycles. The van der Waals surface area contributed by atoms with Crippen LogP contribution >= 0.6 is 0 Å². The smallest absolute Gasteiger partial charge is 0.273 e. The Morgan fingerprint density at radius 1 is 1.23 bits per heavy atom. The highest BCUT2D eigenvalue weighted by Crippen LogP contribution is 2.33. The lowest BCUT2D eigenvalue weighted by molar-refractivity contribution is -0.227. The molecule has 0 bridgehead atoms. The average molecular weight is 362 g/mol. The van der Waals surface area contributed by atoms with Crippen LogP contribution in [0.15, 0.2) is 24.7 Å². The summed E-state index contributed by atoms with van der Waals surface area (Å²) in [6, 6.07) is 1.97. The summed E-state index contributed by atoms with van der Waals surface area (Å²) >= 11 is 0. The van der Waals surface area contributed by atoms with Crippen molar-refractivity contribution in [2.24, 2.45) is 0 Å². The zero-order valence-corrected chi connectivity index (χ0v) is 14.1. The number of halogens is 2. The van der Waals surface area contributed by atoms with Crippen LogP contribution in [0.4, 0.5) is 8.78 Å². The molecule has 5 rings (SSSR count). The van der Waals surface area contributed by atoms with Gasteiger partial charge in [-0.25, -0.2) is 18.7 Å². The molecule has 138 valence electrons. The molecule has 2 N–H and O–H groups in total. The molecule has 0 aliphatic carbocycles. The van der Waals surface area contributed by atoms with E-state index in [-0.39, 0.29) is 19.0 Å². The normalized spacial score (nSPS) is 25.6. The number of alkyl halides is 2. The second-order valence-electron chi connectivity index (χ2n) is 7.29. The van der Waals surface area contributed by atoms with Crippen LogP contribution in [0.1, 0.15) is 24.5 Å². The molecule has 2 atom stereocenters. The molecule has 2 aliphatic rings. The van der Waals surface area contributed by atoms with Gasteiger partial charge in [0.05, 0.1) is 24.8 Å². The monoisotopic (exact) mass is 362 g/mol. The van der Waals surface area contributed by atoms with Gasteiger partial charge in [0.1, 0.15) is 0 Å². The number of H-pyrrole nitrogens is 1. The van der Waals surface area contributed by atoms with Gasteiger partial charge in [0.25, 0.3) is 5.92 Å². The molecule has 0 saturated carbocycles. The van der Waals surface area contributed by atoms with E-state index in [1.54, 1.807) is 6.20 Å². The maximum Gasteiger partial charge on any atom is 0.273 e. The minimum Gasteiger partial charge on any atom is -0.365 e. The van der Waals surface area contributed by atoms with Crippen LogP contribution in [-0.4, -0.2) is 72.7 Å². The Balaban J connectivity index is 1.42. The lowest BCUT2D eigenvalue weighted by Crippen LogP contribution is -2.64. The van der Waals surface area contributed by atoms with Gasteiger partial charge in [-0.2, -0.15) is 0 Å². The number of hydrogen-bond acceptors (Lipinski definition) is 5. The Hall–Kier alpha value is -2.10. The number of nitrogens with one attached hydrogen (secondary N) is 1. The van der Waals surface area contributed by atoms with Crippen LogP contribution in [0, 0.1) is 0 Å². The summed E-state index contributed by atoms with van der Waals surface area (Å²) < 4.78 is 28.3. The van der Waals surface area contributed by atoms with E-state index >= 15 is 0 Å². The number of fused-ring (bicyclic) bond motifs is 3. The van der Waals surface area contributed by atoms with Gasteiger partial charge in [-0.3, -0.25) is 14.2 Å². The minimum atomic E-state index is -2.68. The number of nitrogens with zero attached hydrogens (tertiary/aromatic N) is 5. The number of hydrogen-bond donors (Lipinski definition) is 2. The van der Waals surface area contributed by atoms with Crippen LogP contribution in [-0.2, 0) is 0 Å². The minimum absolute atomic E-state index is 0.177. The third kappa shape index (κ3) is 2.50. The molecule has 1 unspecified atom stereocenters. The molecule has 26 heavy (non-hydrogen) atoms. The predicted molar refractivity (Wildman–Crippen MR) is 90.9 cm³/mol. The van der Waals surface area contributed by atoms with E-state index in [4.69, 9.17) is 0 Å². The van der Waals surface area contributed by atoms with Gasteiger partial charge in [-0.15, -0.1) is 0 Å². The second-order valence-corrected chi connectivity index (χ2v) is 7.29. The number of imidazole rings is 1. The molecule has 0 spiro atoms. The second kappa shape index (κ2) is 5.70. The van der Waals surface area contributed by atoms with Crippen LogP contribution in [0.2, 0.25) is 0 Å². The van der Waals surface area contributed by atoms with Gasteiger partial charge in [0.15, 0.2) is 17.6 Å². The number of aromatic amines is 1. The van der Waals surface area contributed by atoms with E-state index in [0.717, 1.165) is 35.3 Å². The molecular weight excluding hydrogens is 342 g/mol. The number of likely N-dealkylation sites (tertiary alicyclic amines) is 2. The number of aliphatic hydroxyl groups is 1. The van der Waals surface area contributed by atoms with Gasteiger partial charge in [0, 0.05) is 37.1 Å². The van der Waals surface area contributed by atoms with Crippen molar-refractivity contribution in [1.82, 2.24) is 29.2 Å². The van der Waals surface area contributed by atoms with Crippen molar-refractivity contribution in [3.05, 3.63) is 30.4 Å². The highest BCUT2D eigenvalue weighted by Gasteiger charge is 2.48. The fraction of sp³-hybridized carbons (Fsp3) is 0.529. The van der Waals surface area contributed by atoms with Crippen molar-refractivity contribution in [3.8, 4) is 0 Å². The quantitative estimate of drug-likeness (QED) is 0.741. The maximum absolute atomic E-state index is 13.1. The molecular formula is C17H20F2N6O. The fourth-order valence-corrected chi connectivity index (χ4v) is 4.18. The molecule has 7 nitrogen and oxygen atoms in total. The van der Waals surface area contributed by atoms with Crippen molar-refractivity contribution in [1.29, 1.82) is 0 Å². The first-order chi connectivity index (χ1) is 12.5. The lowest BCUT2D eigenvalue weighted by Gasteiger charge is -2.47. The molecule has 3 aromatic heterocycles. The summed E-state index contributed by atoms with van der Waals surface area (Å²) in [7, 11) is 0. The highest BCUT2D eigenvalue weighted by atomic mass is 19.3. The predicted octanol–water partition coefficient (Wildman–Crippen LogP) is 1.62. The van der Waals surface area contributed by atoms with Gasteiger partial charge in [-0.05, 0) is 18.9 Å². The lowest BCUT2D eigenvalue weighted by atomic mass is 9.95. The molecule has 9 heteroatoms. The molecule has 0 amide bonds. The summed E-state index contributed by atoms with van der Waals surface area (Å²) in [6.07, 6.45) is 6.37. The Bertz CT molecular complexity index is 945. The summed E-state index contributed by atoms with van der Waals surface area (Å²) in [6.45, 7) is 0.573. The molecule has 2 aliphatic heterocycles. The van der Waals surface area contributed by atoms with Crippen molar-refractivity contribution in [2.75, 3.05) is 26.2 Å². The summed E-state index contributed by atoms with van der Waals surface area (Å²) in [5.74, 6) is -2.50. The van der Waals surface area contributed by atoms with Gasteiger partial charge in [-0.1, -0.05) is 0 Å². The molecule has 3 aromatic rings. The van der Waals surface area contributed by atoms with E-state index in [2.05, 4.69) is 19.4 Å². The van der Waals surface area contributed by atoms with Crippen molar-refractivity contribution >= 4 is 16.8 Å². The number of piperidine rings is 1. The van der Waals surface area contributed by atoms with Crippen molar-refractivity contribution < 1.29 is 13.9 Å². The maximum atomic E-state index is 13.1. The van der Waals surface area contributed by atoms with Gasteiger partial charge in [0.2, 0.25) is 0 Å². The molecule has 5 heterocycles. The molecule has 0 aromatic carbocycles. The van der Waals surface area contributed by atoms with E-state index in [9.17, 15) is 13.9 Å². The molecule has 2 fully saturated rings. The Kier molecular flexibility index (Phi) is 3.53. The van der Waals surface area contributed by atoms with Crippen molar-refractivity contribution in [2.45, 2.75) is 31.0 Å². The number of aromatic nitrogens is 4. The van der Waals surface area contributed by atoms with Crippen LogP contribution in [0.3, 0.4) is 0 Å². The van der Waals surface area contributed by atoms with E-state index in [1.165, 1.54) is 4.90 Å². The first-order valence-corrected chi connectivity index (χ1v) is 8.85. The third-order valence-corrected chi connectivity index (χ3v) is 5.46. The van der Waals surface area contributed by atoms with Crippen LogP contribution < -0.4 is 0 Å². The first kappa shape index (κ1) is 16.1. The third-order valence-electron chi connectivity index (χ3n) is 5.46. The number of rotatable bonds is 3. The Labute approximate surface area is 148 Å². The number of aliphatic hydroxyl groups excluding tert-OH is 1. The average Bonchev–Trinajstić information content (AvgIpc) is 3.24. The highest BCUT2D eigenvalue weighted by molar-refractivity contribution is 5.74. The van der Waals surface area contributed by atoms with Crippen molar-refractivity contribution in [3.63, 3.8) is 0 Å². The van der Waals surface area contributed by atoms with Gasteiger partial charge < -0.3 is 10.1 Å².